The highest BCUT2D eigenvalue weighted by molar-refractivity contribution is 6.09. The summed E-state index contributed by atoms with van der Waals surface area (Å²) in [4.78, 5) is 6.75. The van der Waals surface area contributed by atoms with Crippen LogP contribution in [-0.4, -0.2) is 24.3 Å². The molecule has 0 amide bonds. The second kappa shape index (κ2) is 5.48. The maximum atomic E-state index is 12.3. The Hall–Kier alpha value is -2.12. The van der Waals surface area contributed by atoms with Crippen LogP contribution in [0.5, 0.6) is 0 Å². The third-order valence-electron chi connectivity index (χ3n) is 2.67. The van der Waals surface area contributed by atoms with Crippen molar-refractivity contribution in [2.75, 3.05) is 0 Å². The van der Waals surface area contributed by atoms with Gasteiger partial charge >= 0.3 is 12.1 Å². The van der Waals surface area contributed by atoms with Gasteiger partial charge in [-0.05, 0) is 11.8 Å². The Morgan fingerprint density at radius 2 is 1.95 bits per heavy atom. The third-order valence-corrected chi connectivity index (χ3v) is 2.67. The van der Waals surface area contributed by atoms with E-state index in [1.165, 1.54) is 0 Å². The normalized spacial score (nSPS) is 13.8. The Bertz CT molecular complexity index is 607. The van der Waals surface area contributed by atoms with Gasteiger partial charge in [-0.1, -0.05) is 36.3 Å². The first-order chi connectivity index (χ1) is 9.41. The summed E-state index contributed by atoms with van der Waals surface area (Å²) in [5.74, 6) is -1.46. The van der Waals surface area contributed by atoms with Gasteiger partial charge in [0.05, 0.1) is 0 Å². The zero-order valence-electron chi connectivity index (χ0n) is 10.4. The Balaban J connectivity index is 2.24. The molecule has 0 saturated carbocycles. The Labute approximate surface area is 114 Å². The SMILES string of the molecule is [B]N=CC(C)c1ccc(-c2noc(C(F)(F)F)n2)cc1. The lowest BCUT2D eigenvalue weighted by molar-refractivity contribution is -0.159. The fourth-order valence-corrected chi connectivity index (χ4v) is 1.61. The first kappa shape index (κ1) is 14.3. The predicted octanol–water partition coefficient (Wildman–Crippen LogP) is 3.01. The molecule has 8 heteroatoms. The molecule has 0 saturated heterocycles. The number of aromatic nitrogens is 2. The number of alkyl halides is 3. The molecule has 1 aromatic heterocycles. The van der Waals surface area contributed by atoms with Crippen molar-refractivity contribution in [2.24, 2.45) is 4.90 Å². The van der Waals surface area contributed by atoms with Crippen LogP contribution in [0.1, 0.15) is 24.3 Å². The maximum absolute atomic E-state index is 12.3. The molecule has 0 fully saturated rings. The number of hydrogen-bond acceptors (Lipinski definition) is 4. The van der Waals surface area contributed by atoms with Crippen LogP contribution in [0.2, 0.25) is 0 Å². The fraction of sp³-hybridized carbons (Fsp3) is 0.250. The zero-order valence-corrected chi connectivity index (χ0v) is 10.4. The number of hydrogen-bond donors (Lipinski definition) is 0. The van der Waals surface area contributed by atoms with Gasteiger partial charge in [0.2, 0.25) is 5.82 Å². The second-order valence-corrected chi connectivity index (χ2v) is 4.13. The quantitative estimate of drug-likeness (QED) is 0.641. The van der Waals surface area contributed by atoms with Crippen molar-refractivity contribution >= 4 is 14.2 Å². The lowest BCUT2D eigenvalue weighted by Gasteiger charge is -2.06. The molecule has 2 radical (unpaired) electrons. The van der Waals surface area contributed by atoms with Crippen molar-refractivity contribution in [3.05, 3.63) is 35.7 Å². The smallest absolute Gasteiger partial charge is 0.367 e. The molecule has 2 rings (SSSR count). The molecule has 0 bridgehead atoms. The molecule has 0 N–H and O–H groups in total. The molecule has 1 heterocycles. The van der Waals surface area contributed by atoms with Crippen LogP contribution in [0.4, 0.5) is 13.2 Å². The fourth-order valence-electron chi connectivity index (χ4n) is 1.61. The molecule has 20 heavy (non-hydrogen) atoms. The summed E-state index contributed by atoms with van der Waals surface area (Å²) in [5, 5.41) is 3.31. The minimum Gasteiger partial charge on any atom is -0.367 e. The summed E-state index contributed by atoms with van der Waals surface area (Å²) >= 11 is 0. The van der Waals surface area contributed by atoms with Crippen molar-refractivity contribution in [1.82, 2.24) is 10.1 Å². The van der Waals surface area contributed by atoms with Gasteiger partial charge in [-0.25, -0.2) is 0 Å². The minimum absolute atomic E-state index is 0.00468. The van der Waals surface area contributed by atoms with Crippen LogP contribution >= 0.6 is 0 Å². The van der Waals surface area contributed by atoms with Crippen LogP contribution in [-0.2, 0) is 6.18 Å². The van der Waals surface area contributed by atoms with Crippen LogP contribution in [0.15, 0.2) is 33.7 Å². The largest absolute Gasteiger partial charge is 0.471 e. The maximum Gasteiger partial charge on any atom is 0.471 e. The van der Waals surface area contributed by atoms with Gasteiger partial charge < -0.3 is 9.43 Å². The van der Waals surface area contributed by atoms with E-state index in [0.717, 1.165) is 5.56 Å². The molecule has 1 unspecified atom stereocenters. The van der Waals surface area contributed by atoms with E-state index in [0.29, 0.717) is 5.56 Å². The van der Waals surface area contributed by atoms with Gasteiger partial charge in [0, 0.05) is 11.5 Å². The van der Waals surface area contributed by atoms with Crippen LogP contribution < -0.4 is 0 Å². The number of halogens is 3. The van der Waals surface area contributed by atoms with Crippen molar-refractivity contribution < 1.29 is 17.7 Å². The molecule has 0 aliphatic rings. The number of benzene rings is 1. The van der Waals surface area contributed by atoms with Crippen molar-refractivity contribution in [3.63, 3.8) is 0 Å². The highest BCUT2D eigenvalue weighted by Crippen LogP contribution is 2.29. The summed E-state index contributed by atoms with van der Waals surface area (Å²) in [6, 6.07) is 6.71. The van der Waals surface area contributed by atoms with Crippen LogP contribution in [0, 0.1) is 0 Å². The summed E-state index contributed by atoms with van der Waals surface area (Å²) in [6.45, 7) is 1.89. The van der Waals surface area contributed by atoms with E-state index in [4.69, 9.17) is 7.98 Å². The van der Waals surface area contributed by atoms with Crippen molar-refractivity contribution in [1.29, 1.82) is 0 Å². The molecule has 0 aliphatic carbocycles. The summed E-state index contributed by atoms with van der Waals surface area (Å²) in [6.07, 6.45) is -3.08. The molecule has 2 aromatic rings. The predicted molar refractivity (Wildman–Crippen MR) is 67.4 cm³/mol. The lowest BCUT2D eigenvalue weighted by Crippen LogP contribution is -2.04. The average Bonchev–Trinajstić information content (AvgIpc) is 2.89. The van der Waals surface area contributed by atoms with E-state index >= 15 is 0 Å². The standard InChI is InChI=1S/C12H9BF3N3O/c1-7(6-17-13)8-2-4-9(5-3-8)10-18-11(20-19-10)12(14,15)16/h2-7H,1H3. The second-order valence-electron chi connectivity index (χ2n) is 4.13. The monoisotopic (exact) mass is 279 g/mol. The molecular weight excluding hydrogens is 270 g/mol. The highest BCUT2D eigenvalue weighted by Gasteiger charge is 2.38. The summed E-state index contributed by atoms with van der Waals surface area (Å²) in [7, 11) is 5.06. The molecule has 102 valence electrons. The number of nitrogens with zero attached hydrogens (tertiary/aromatic N) is 3. The van der Waals surface area contributed by atoms with Gasteiger partial charge in [-0.3, -0.25) is 0 Å². The lowest BCUT2D eigenvalue weighted by atomic mass is 10.0. The van der Waals surface area contributed by atoms with Gasteiger partial charge in [0.15, 0.2) is 0 Å². The topological polar surface area (TPSA) is 51.3 Å². The third kappa shape index (κ3) is 3.07. The number of rotatable bonds is 3. The van der Waals surface area contributed by atoms with E-state index in [9.17, 15) is 13.2 Å². The van der Waals surface area contributed by atoms with Crippen molar-refractivity contribution in [3.8, 4) is 11.4 Å². The first-order valence-corrected chi connectivity index (χ1v) is 5.66. The Kier molecular flexibility index (Phi) is 3.92. The van der Waals surface area contributed by atoms with Gasteiger partial charge in [-0.2, -0.15) is 18.2 Å². The van der Waals surface area contributed by atoms with Crippen LogP contribution in [0.25, 0.3) is 11.4 Å². The molecule has 1 aromatic carbocycles. The highest BCUT2D eigenvalue weighted by atomic mass is 19.4. The van der Waals surface area contributed by atoms with Gasteiger partial charge in [-0.15, -0.1) is 0 Å². The van der Waals surface area contributed by atoms with E-state index in [1.54, 1.807) is 30.5 Å². The van der Waals surface area contributed by atoms with Gasteiger partial charge in [0.25, 0.3) is 7.98 Å². The van der Waals surface area contributed by atoms with Gasteiger partial charge in [0.1, 0.15) is 0 Å². The average molecular weight is 279 g/mol. The zero-order chi connectivity index (χ0) is 14.8. The molecule has 0 spiro atoms. The van der Waals surface area contributed by atoms with E-state index < -0.39 is 12.1 Å². The summed E-state index contributed by atoms with van der Waals surface area (Å²) < 4.78 is 41.2. The van der Waals surface area contributed by atoms with E-state index in [-0.39, 0.29) is 11.7 Å². The van der Waals surface area contributed by atoms with E-state index in [1.807, 2.05) is 6.92 Å². The minimum atomic E-state index is -4.64. The van der Waals surface area contributed by atoms with Crippen LogP contribution in [0.3, 0.4) is 0 Å². The van der Waals surface area contributed by atoms with E-state index in [2.05, 4.69) is 19.6 Å². The molecular formula is C12H9BF3N3O. The molecule has 4 nitrogen and oxygen atoms in total. The molecule has 1 atom stereocenters. The molecule has 0 aliphatic heterocycles. The Morgan fingerprint density at radius 3 is 2.45 bits per heavy atom. The Morgan fingerprint density at radius 1 is 1.30 bits per heavy atom. The summed E-state index contributed by atoms with van der Waals surface area (Å²) in [5.41, 5.74) is 1.35. The first-order valence-electron chi connectivity index (χ1n) is 5.66. The van der Waals surface area contributed by atoms with Crippen molar-refractivity contribution in [2.45, 2.75) is 19.0 Å².